The number of nitrogens with zero attached hydrogens (tertiary/aromatic N) is 1. The Hall–Kier alpha value is -2.60. The minimum absolute atomic E-state index is 0.255. The average Bonchev–Trinajstić information content (AvgIpc) is 2.74. The molecule has 1 heterocycles. The molecule has 0 amide bonds. The van der Waals surface area contributed by atoms with Crippen molar-refractivity contribution in [2.45, 2.75) is 64.3 Å². The van der Waals surface area contributed by atoms with Gasteiger partial charge in [-0.25, -0.2) is 4.79 Å². The Morgan fingerprint density at radius 3 is 2.63 bits per heavy atom. The Morgan fingerprint density at radius 2 is 2.00 bits per heavy atom. The number of hydrogen-bond donors (Lipinski definition) is 3. The summed E-state index contributed by atoms with van der Waals surface area (Å²) in [6.07, 6.45) is 6.55. The van der Waals surface area contributed by atoms with E-state index >= 15 is 0 Å². The van der Waals surface area contributed by atoms with E-state index in [4.69, 9.17) is 21.7 Å². The Kier molecular flexibility index (Phi) is 6.98. The van der Waals surface area contributed by atoms with E-state index in [9.17, 15) is 14.7 Å². The summed E-state index contributed by atoms with van der Waals surface area (Å²) in [6.45, 7) is 3.79. The number of nitrogens with one attached hydrogen (secondary N) is 1. The third-order valence-electron chi connectivity index (χ3n) is 5.88. The molecule has 30 heavy (non-hydrogen) atoms. The van der Waals surface area contributed by atoms with E-state index in [1.54, 1.807) is 12.1 Å². The number of carboxylic acid groups (broad SMARTS) is 1. The topological polar surface area (TPSA) is 99.5 Å². The maximum atomic E-state index is 11.1. The molecule has 1 unspecified atom stereocenters. The van der Waals surface area contributed by atoms with Crippen LogP contribution in [0.25, 0.3) is 0 Å². The number of rotatable bonds is 7. The van der Waals surface area contributed by atoms with Crippen molar-refractivity contribution < 1.29 is 19.8 Å². The van der Waals surface area contributed by atoms with E-state index < -0.39 is 12.0 Å². The summed E-state index contributed by atoms with van der Waals surface area (Å²) in [5.41, 5.74) is 4.77. The van der Waals surface area contributed by atoms with Crippen molar-refractivity contribution >= 4 is 29.5 Å². The van der Waals surface area contributed by atoms with E-state index in [-0.39, 0.29) is 5.75 Å². The highest BCUT2D eigenvalue weighted by molar-refractivity contribution is 6.34. The molecule has 3 rings (SSSR count). The number of aliphatic carboxylic acids is 1. The van der Waals surface area contributed by atoms with Crippen molar-refractivity contribution in [2.75, 3.05) is 5.32 Å². The smallest absolute Gasteiger partial charge is 0.333 e. The first-order valence-corrected chi connectivity index (χ1v) is 10.6. The van der Waals surface area contributed by atoms with Gasteiger partial charge in [-0.2, -0.15) is 0 Å². The van der Waals surface area contributed by atoms with Gasteiger partial charge < -0.3 is 20.3 Å². The van der Waals surface area contributed by atoms with Crippen LogP contribution in [0.2, 0.25) is 5.02 Å². The number of anilines is 1. The molecular weight excluding hydrogens is 404 g/mol. The van der Waals surface area contributed by atoms with Crippen molar-refractivity contribution in [3.8, 4) is 5.75 Å². The zero-order valence-electron chi connectivity index (χ0n) is 17.2. The van der Waals surface area contributed by atoms with Gasteiger partial charge in [0.05, 0.1) is 16.4 Å². The highest BCUT2D eigenvalue weighted by Crippen LogP contribution is 2.37. The predicted molar refractivity (Wildman–Crippen MR) is 117 cm³/mol. The van der Waals surface area contributed by atoms with Crippen LogP contribution in [-0.2, 0) is 16.0 Å². The molecular formula is C23H27ClN2O4. The fourth-order valence-corrected chi connectivity index (χ4v) is 4.38. The highest BCUT2D eigenvalue weighted by atomic mass is 35.5. The summed E-state index contributed by atoms with van der Waals surface area (Å²) in [4.78, 5) is 26.9. The largest absolute Gasteiger partial charge is 0.506 e. The Morgan fingerprint density at radius 1 is 1.30 bits per heavy atom. The molecule has 1 atom stereocenters. The number of halogens is 1. The van der Waals surface area contributed by atoms with Crippen molar-refractivity contribution in [3.05, 3.63) is 51.3 Å². The second-order valence-electron chi connectivity index (χ2n) is 7.97. The lowest BCUT2D eigenvalue weighted by molar-refractivity contribution is -0.139. The van der Waals surface area contributed by atoms with Crippen LogP contribution in [0, 0.1) is 13.8 Å². The zero-order chi connectivity index (χ0) is 21.8. The molecule has 1 aliphatic rings. The van der Waals surface area contributed by atoms with Gasteiger partial charge in [-0.05, 0) is 61.6 Å². The number of carbonyl (C=O) groups excluding carboxylic acids is 1. The quantitative estimate of drug-likeness (QED) is 0.432. The fourth-order valence-electron chi connectivity index (χ4n) is 4.16. The molecule has 1 aliphatic carbocycles. The molecule has 7 heteroatoms. The number of carbonyl (C=O) groups is 2. The molecule has 0 bridgehead atoms. The second kappa shape index (κ2) is 9.47. The van der Waals surface area contributed by atoms with Crippen LogP contribution in [0.4, 0.5) is 5.69 Å². The molecule has 1 aromatic carbocycles. The summed E-state index contributed by atoms with van der Waals surface area (Å²) in [6, 6.07) is 3.94. The van der Waals surface area contributed by atoms with E-state index in [0.29, 0.717) is 29.3 Å². The number of carboxylic acids is 1. The Bertz CT molecular complexity index is 955. The normalized spacial score (nSPS) is 15.6. The Labute approximate surface area is 181 Å². The van der Waals surface area contributed by atoms with Crippen LogP contribution in [-0.4, -0.2) is 33.5 Å². The molecule has 0 aliphatic heterocycles. The summed E-state index contributed by atoms with van der Waals surface area (Å²) < 4.78 is 0. The number of aromatic nitrogens is 1. The number of hydrogen-bond acceptors (Lipinski definition) is 5. The van der Waals surface area contributed by atoms with Gasteiger partial charge in [-0.3, -0.25) is 4.98 Å². The first-order chi connectivity index (χ1) is 14.3. The number of benzene rings is 1. The lowest BCUT2D eigenvalue weighted by Gasteiger charge is -2.22. The van der Waals surface area contributed by atoms with E-state index in [0.717, 1.165) is 53.8 Å². The van der Waals surface area contributed by atoms with Gasteiger partial charge in [0.15, 0.2) is 12.3 Å². The molecule has 1 aromatic heterocycles. The fraction of sp³-hybridized carbons (Fsp3) is 0.435. The third kappa shape index (κ3) is 4.75. The molecule has 2 aromatic rings. The van der Waals surface area contributed by atoms with Crippen molar-refractivity contribution in [3.63, 3.8) is 0 Å². The predicted octanol–water partition coefficient (Wildman–Crippen LogP) is 4.76. The first kappa shape index (κ1) is 22.1. The molecule has 0 spiro atoms. The monoisotopic (exact) mass is 430 g/mol. The summed E-state index contributed by atoms with van der Waals surface area (Å²) >= 11 is 6.49. The summed E-state index contributed by atoms with van der Waals surface area (Å²) in [5, 5.41) is 22.5. The molecule has 3 N–H and O–H groups in total. The van der Waals surface area contributed by atoms with E-state index in [1.165, 1.54) is 6.42 Å². The number of aldehydes is 1. The maximum Gasteiger partial charge on any atom is 0.333 e. The SMILES string of the molecule is Cc1cc(NC(C=O)C(=O)O)c(Cl)c(C)c1Cc1ccc(O)c(C2CCCCC2)n1. The summed E-state index contributed by atoms with van der Waals surface area (Å²) in [7, 11) is 0. The molecule has 1 saturated carbocycles. The van der Waals surface area contributed by atoms with E-state index in [1.807, 2.05) is 19.9 Å². The van der Waals surface area contributed by atoms with Gasteiger partial charge in [-0.15, -0.1) is 0 Å². The zero-order valence-corrected chi connectivity index (χ0v) is 18.0. The minimum atomic E-state index is -1.36. The summed E-state index contributed by atoms with van der Waals surface area (Å²) in [5.74, 6) is -0.707. The maximum absolute atomic E-state index is 11.1. The van der Waals surface area contributed by atoms with Gasteiger partial charge >= 0.3 is 5.97 Å². The Balaban J connectivity index is 1.89. The van der Waals surface area contributed by atoms with Crippen LogP contribution in [0.15, 0.2) is 18.2 Å². The third-order valence-corrected chi connectivity index (χ3v) is 6.37. The van der Waals surface area contributed by atoms with Gasteiger partial charge in [0.25, 0.3) is 0 Å². The second-order valence-corrected chi connectivity index (χ2v) is 8.35. The minimum Gasteiger partial charge on any atom is -0.506 e. The molecule has 160 valence electrons. The highest BCUT2D eigenvalue weighted by Gasteiger charge is 2.22. The molecule has 6 nitrogen and oxygen atoms in total. The number of pyridine rings is 1. The van der Waals surface area contributed by atoms with Gasteiger partial charge in [0, 0.05) is 18.0 Å². The van der Waals surface area contributed by atoms with Crippen molar-refractivity contribution in [1.82, 2.24) is 4.98 Å². The van der Waals surface area contributed by atoms with Crippen LogP contribution in [0.1, 0.15) is 66.1 Å². The van der Waals surface area contributed by atoms with Crippen LogP contribution in [0.3, 0.4) is 0 Å². The van der Waals surface area contributed by atoms with Crippen LogP contribution >= 0.6 is 11.6 Å². The molecule has 0 saturated heterocycles. The van der Waals surface area contributed by atoms with Crippen LogP contribution < -0.4 is 5.32 Å². The van der Waals surface area contributed by atoms with Gasteiger partial charge in [0.1, 0.15) is 5.75 Å². The average molecular weight is 431 g/mol. The van der Waals surface area contributed by atoms with Crippen LogP contribution in [0.5, 0.6) is 5.75 Å². The first-order valence-electron chi connectivity index (χ1n) is 10.2. The molecule has 0 radical (unpaired) electrons. The number of aromatic hydroxyl groups is 1. The van der Waals surface area contributed by atoms with E-state index in [2.05, 4.69) is 5.32 Å². The molecule has 1 fully saturated rings. The van der Waals surface area contributed by atoms with Crippen molar-refractivity contribution in [2.24, 2.45) is 0 Å². The van der Waals surface area contributed by atoms with Gasteiger partial charge in [0.2, 0.25) is 0 Å². The lowest BCUT2D eigenvalue weighted by atomic mass is 9.86. The lowest BCUT2D eigenvalue weighted by Crippen LogP contribution is -2.30. The standard InChI is InChI=1S/C23H27ClN2O4/c1-13-10-18(26-19(12-27)23(29)30)21(24)14(2)17(13)11-16-8-9-20(28)22(25-16)15-6-4-3-5-7-15/h8-10,12,15,19,26,28H,3-7,11H2,1-2H3,(H,29,30). The van der Waals surface area contributed by atoms with Crippen molar-refractivity contribution in [1.29, 1.82) is 0 Å². The number of aryl methyl sites for hydroxylation is 1. The van der Waals surface area contributed by atoms with Gasteiger partial charge in [-0.1, -0.05) is 30.9 Å².